The number of nitrogens with zero attached hydrogens (tertiary/aromatic N) is 3. The van der Waals surface area contributed by atoms with Crippen LogP contribution >= 0.6 is 0 Å². The van der Waals surface area contributed by atoms with Gasteiger partial charge in [0.15, 0.2) is 6.04 Å². The molecule has 4 nitrogen and oxygen atoms in total. The van der Waals surface area contributed by atoms with Gasteiger partial charge in [0.2, 0.25) is 0 Å². The maximum Gasteiger partial charge on any atom is 0.384 e. The van der Waals surface area contributed by atoms with Gasteiger partial charge in [0.25, 0.3) is 0 Å². The summed E-state index contributed by atoms with van der Waals surface area (Å²) in [5.74, 6) is 1.09. The van der Waals surface area contributed by atoms with E-state index in [0.717, 1.165) is 18.1 Å². The zero-order valence-electron chi connectivity index (χ0n) is 11.4. The van der Waals surface area contributed by atoms with Crippen molar-refractivity contribution >= 4 is 5.96 Å². The molecule has 1 unspecified atom stereocenters. The third-order valence-corrected chi connectivity index (χ3v) is 3.70. The molecule has 4 heteroatoms. The van der Waals surface area contributed by atoms with E-state index in [1.807, 2.05) is 12.0 Å². The lowest BCUT2D eigenvalue weighted by Gasteiger charge is -2.29. The van der Waals surface area contributed by atoms with Crippen molar-refractivity contribution in [2.45, 2.75) is 32.4 Å². The second-order valence-corrected chi connectivity index (χ2v) is 5.35. The van der Waals surface area contributed by atoms with E-state index in [1.165, 1.54) is 0 Å². The van der Waals surface area contributed by atoms with Crippen molar-refractivity contribution in [3.63, 3.8) is 0 Å². The summed E-state index contributed by atoms with van der Waals surface area (Å²) in [5.41, 5.74) is 1.13. The van der Waals surface area contributed by atoms with Crippen LogP contribution in [0.3, 0.4) is 0 Å². The first-order valence-electron chi connectivity index (χ1n) is 5.94. The Morgan fingerprint density at radius 3 is 2.76 bits per heavy atom. The van der Waals surface area contributed by atoms with Crippen molar-refractivity contribution in [1.29, 1.82) is 0 Å². The molecule has 0 aromatic heterocycles. The predicted octanol–water partition coefficient (Wildman–Crippen LogP) is 1.41. The molecule has 0 bridgehead atoms. The van der Waals surface area contributed by atoms with E-state index < -0.39 is 0 Å². The molecular formula is C13H22N3O+. The molecule has 2 heterocycles. The lowest BCUT2D eigenvalue weighted by Crippen LogP contribution is -2.49. The molecule has 0 N–H and O–H groups in total. The summed E-state index contributed by atoms with van der Waals surface area (Å²) >= 11 is 0. The Hall–Kier alpha value is -1.29. The van der Waals surface area contributed by atoms with Gasteiger partial charge in [0.1, 0.15) is 12.1 Å². The minimum absolute atomic E-state index is 0.00653. The topological polar surface area (TPSA) is 18.7 Å². The third-order valence-electron chi connectivity index (χ3n) is 3.70. The number of hydrogen-bond donors (Lipinski definition) is 0. The average molecular weight is 236 g/mol. The highest BCUT2D eigenvalue weighted by Crippen LogP contribution is 2.26. The average Bonchev–Trinajstić information content (AvgIpc) is 2.63. The van der Waals surface area contributed by atoms with Gasteiger partial charge in [-0.2, -0.15) is 0 Å². The number of fused-ring (bicyclic) bond motifs is 1. The Morgan fingerprint density at radius 1 is 1.59 bits per heavy atom. The van der Waals surface area contributed by atoms with Gasteiger partial charge in [-0.1, -0.05) is 6.58 Å². The molecule has 17 heavy (non-hydrogen) atoms. The molecule has 0 saturated carbocycles. The van der Waals surface area contributed by atoms with Crippen molar-refractivity contribution in [3.05, 3.63) is 24.4 Å². The van der Waals surface area contributed by atoms with Crippen LogP contribution in [-0.4, -0.2) is 52.8 Å². The van der Waals surface area contributed by atoms with Crippen LogP contribution in [0, 0.1) is 0 Å². The van der Waals surface area contributed by atoms with Gasteiger partial charge in [-0.3, -0.25) is 4.58 Å². The normalized spacial score (nSPS) is 26.5. The Bertz CT molecular complexity index is 409. The van der Waals surface area contributed by atoms with Crippen molar-refractivity contribution in [3.8, 4) is 0 Å². The number of rotatable bonds is 2. The van der Waals surface area contributed by atoms with E-state index in [-0.39, 0.29) is 11.6 Å². The molecule has 1 saturated heterocycles. The molecular weight excluding hydrogens is 214 g/mol. The Labute approximate surface area is 103 Å². The highest BCUT2D eigenvalue weighted by molar-refractivity contribution is 5.79. The van der Waals surface area contributed by atoms with E-state index in [0.29, 0.717) is 0 Å². The first-order valence-corrected chi connectivity index (χ1v) is 5.94. The quantitative estimate of drug-likeness (QED) is 0.534. The van der Waals surface area contributed by atoms with Gasteiger partial charge in [-0.25, -0.2) is 9.74 Å². The maximum atomic E-state index is 5.54. The summed E-state index contributed by atoms with van der Waals surface area (Å²) in [6.45, 7) is 11.4. The van der Waals surface area contributed by atoms with E-state index >= 15 is 0 Å². The number of guanidine groups is 1. The summed E-state index contributed by atoms with van der Waals surface area (Å²) in [7, 11) is 3.81. The fourth-order valence-corrected chi connectivity index (χ4v) is 2.28. The summed E-state index contributed by atoms with van der Waals surface area (Å²) < 4.78 is 2.24. The molecule has 94 valence electrons. The monoisotopic (exact) mass is 236 g/mol. The summed E-state index contributed by atoms with van der Waals surface area (Å²) in [6.07, 6.45) is 4.36. The lowest BCUT2D eigenvalue weighted by molar-refractivity contribution is -0.573. The zero-order valence-corrected chi connectivity index (χ0v) is 11.4. The van der Waals surface area contributed by atoms with Crippen LogP contribution in [0.5, 0.6) is 0 Å². The molecule has 2 rings (SSSR count). The van der Waals surface area contributed by atoms with Crippen molar-refractivity contribution in [1.82, 2.24) is 9.96 Å². The number of likely N-dealkylation sites (N-methyl/N-ethyl adjacent to an activating group) is 1. The second kappa shape index (κ2) is 3.88. The smallest absolute Gasteiger partial charge is 0.257 e. The minimum atomic E-state index is 0.00653. The van der Waals surface area contributed by atoms with E-state index in [9.17, 15) is 0 Å². The highest BCUT2D eigenvalue weighted by atomic mass is 16.7. The van der Waals surface area contributed by atoms with E-state index in [1.54, 1.807) is 7.11 Å². The van der Waals surface area contributed by atoms with E-state index in [4.69, 9.17) is 4.84 Å². The molecule has 1 atom stereocenters. The van der Waals surface area contributed by atoms with Crippen LogP contribution in [0.1, 0.15) is 20.8 Å². The van der Waals surface area contributed by atoms with Gasteiger partial charge in [0, 0.05) is 0 Å². The van der Waals surface area contributed by atoms with Crippen LogP contribution < -0.4 is 0 Å². The van der Waals surface area contributed by atoms with Gasteiger partial charge in [-0.15, -0.1) is 5.06 Å². The van der Waals surface area contributed by atoms with Crippen molar-refractivity contribution < 1.29 is 9.41 Å². The molecule has 2 aliphatic rings. The largest absolute Gasteiger partial charge is 0.384 e. The molecule has 0 aromatic rings. The summed E-state index contributed by atoms with van der Waals surface area (Å²) in [6, 6.07) is 0.219. The van der Waals surface area contributed by atoms with Gasteiger partial charge < -0.3 is 0 Å². The van der Waals surface area contributed by atoms with Gasteiger partial charge in [-0.05, 0) is 32.4 Å². The van der Waals surface area contributed by atoms with Crippen LogP contribution in [0.25, 0.3) is 0 Å². The summed E-state index contributed by atoms with van der Waals surface area (Å²) in [5, 5.41) is 1.95. The first kappa shape index (κ1) is 12.2. The second-order valence-electron chi connectivity index (χ2n) is 5.35. The van der Waals surface area contributed by atoms with Crippen molar-refractivity contribution in [2.75, 3.05) is 20.7 Å². The number of hydrogen-bond acceptors (Lipinski definition) is 3. The third kappa shape index (κ3) is 1.76. The molecule has 0 spiro atoms. The molecule has 0 aliphatic carbocycles. The maximum absolute atomic E-state index is 5.54. The van der Waals surface area contributed by atoms with Crippen LogP contribution in [0.4, 0.5) is 0 Å². The number of hydroxylamine groups is 2. The van der Waals surface area contributed by atoms with Crippen LogP contribution in [0.15, 0.2) is 24.4 Å². The Morgan fingerprint density at radius 2 is 2.24 bits per heavy atom. The van der Waals surface area contributed by atoms with E-state index in [2.05, 4.69) is 49.2 Å². The van der Waals surface area contributed by atoms with Crippen molar-refractivity contribution in [2.24, 2.45) is 0 Å². The highest BCUT2D eigenvalue weighted by Gasteiger charge is 2.48. The van der Waals surface area contributed by atoms with Crippen LogP contribution in [0.2, 0.25) is 0 Å². The van der Waals surface area contributed by atoms with Crippen LogP contribution in [-0.2, 0) is 4.84 Å². The first-order chi connectivity index (χ1) is 7.88. The fourth-order valence-electron chi connectivity index (χ4n) is 2.28. The Kier molecular flexibility index (Phi) is 2.78. The zero-order chi connectivity index (χ0) is 12.8. The predicted molar refractivity (Wildman–Crippen MR) is 68.6 cm³/mol. The lowest BCUT2D eigenvalue weighted by atomic mass is 10.0. The minimum Gasteiger partial charge on any atom is -0.257 e. The Balaban J connectivity index is 2.45. The SMILES string of the molecule is C=C(C)C1CN2C=CC(C)(C)[N+](C)=C2N1OC. The molecule has 2 aliphatic heterocycles. The standard InChI is InChI=1S/C13H22N3O/c1-10(2)11-9-15-8-7-13(3,4)14(5)12(15)16(11)17-6/h7-8,11H,1,9H2,2-6H3/q+1. The van der Waals surface area contributed by atoms with Gasteiger partial charge >= 0.3 is 5.96 Å². The molecule has 1 fully saturated rings. The summed E-state index contributed by atoms with van der Waals surface area (Å²) in [4.78, 5) is 7.75. The van der Waals surface area contributed by atoms with Gasteiger partial charge in [0.05, 0.1) is 20.4 Å². The fraction of sp³-hybridized carbons (Fsp3) is 0.615. The molecule has 0 amide bonds. The molecule has 0 radical (unpaired) electrons. The molecule has 0 aromatic carbocycles.